The number of aromatic hydroxyl groups is 1. The first kappa shape index (κ1) is 13.6. The van der Waals surface area contributed by atoms with Crippen LogP contribution in [-0.2, 0) is 6.54 Å². The van der Waals surface area contributed by atoms with E-state index in [4.69, 9.17) is 4.74 Å². The Bertz CT molecular complexity index is 558. The van der Waals surface area contributed by atoms with Crippen molar-refractivity contribution < 1.29 is 9.84 Å². The zero-order valence-corrected chi connectivity index (χ0v) is 11.8. The number of phenols is 1. The monoisotopic (exact) mass is 275 g/mol. The van der Waals surface area contributed by atoms with Crippen molar-refractivity contribution in [2.24, 2.45) is 0 Å². The molecule has 0 aliphatic rings. The highest BCUT2D eigenvalue weighted by Gasteiger charge is 2.03. The third kappa shape index (κ3) is 3.58. The third-order valence-electron chi connectivity index (χ3n) is 2.84. The zero-order valence-electron chi connectivity index (χ0n) is 11.0. The van der Waals surface area contributed by atoms with Crippen molar-refractivity contribution in [1.82, 2.24) is 0 Å². The van der Waals surface area contributed by atoms with Crippen molar-refractivity contribution in [3.8, 4) is 11.5 Å². The van der Waals surface area contributed by atoms with Crippen LogP contribution in [0.2, 0.25) is 0 Å². The Labute approximate surface area is 117 Å². The number of anilines is 1. The number of hydrogen-bond acceptors (Lipinski definition) is 4. The Balaban J connectivity index is 2.09. The van der Waals surface area contributed by atoms with Gasteiger partial charge in [0.2, 0.25) is 0 Å². The molecule has 100 valence electrons. The average Bonchev–Trinajstić information content (AvgIpc) is 2.46. The lowest BCUT2D eigenvalue weighted by Crippen LogP contribution is -2.00. The van der Waals surface area contributed by atoms with Crippen LogP contribution in [0.15, 0.2) is 47.4 Å². The van der Waals surface area contributed by atoms with Crippen molar-refractivity contribution in [2.75, 3.05) is 18.7 Å². The molecule has 0 saturated carbocycles. The molecule has 3 nitrogen and oxygen atoms in total. The second kappa shape index (κ2) is 6.38. The summed E-state index contributed by atoms with van der Waals surface area (Å²) in [6, 6.07) is 13.4. The van der Waals surface area contributed by atoms with E-state index in [1.54, 1.807) is 31.0 Å². The first-order valence-corrected chi connectivity index (χ1v) is 7.19. The lowest BCUT2D eigenvalue weighted by molar-refractivity contribution is 0.411. The topological polar surface area (TPSA) is 41.5 Å². The first-order valence-electron chi connectivity index (χ1n) is 5.96. The number of benzene rings is 2. The van der Waals surface area contributed by atoms with Gasteiger partial charge in [-0.2, -0.15) is 0 Å². The number of rotatable bonds is 5. The number of hydrogen-bond donors (Lipinski definition) is 2. The molecule has 0 radical (unpaired) electrons. The summed E-state index contributed by atoms with van der Waals surface area (Å²) in [5.41, 5.74) is 1.85. The van der Waals surface area contributed by atoms with Gasteiger partial charge in [-0.1, -0.05) is 6.07 Å². The fourth-order valence-corrected chi connectivity index (χ4v) is 2.22. The minimum Gasteiger partial charge on any atom is -0.508 e. The van der Waals surface area contributed by atoms with Gasteiger partial charge in [0.1, 0.15) is 11.5 Å². The number of nitrogens with one attached hydrogen (secondary N) is 1. The van der Waals surface area contributed by atoms with Crippen molar-refractivity contribution in [3.05, 3.63) is 48.0 Å². The molecule has 2 aromatic carbocycles. The second-order valence-corrected chi connectivity index (χ2v) is 4.96. The van der Waals surface area contributed by atoms with Crippen LogP contribution in [0, 0.1) is 0 Å². The lowest BCUT2D eigenvalue weighted by Gasteiger charge is -2.10. The van der Waals surface area contributed by atoms with E-state index in [9.17, 15) is 5.11 Å². The van der Waals surface area contributed by atoms with Crippen molar-refractivity contribution in [1.29, 1.82) is 0 Å². The molecule has 4 heteroatoms. The molecule has 2 rings (SSSR count). The molecule has 19 heavy (non-hydrogen) atoms. The maximum absolute atomic E-state index is 9.81. The maximum atomic E-state index is 9.81. The number of thioether (sulfide) groups is 1. The Morgan fingerprint density at radius 3 is 2.79 bits per heavy atom. The summed E-state index contributed by atoms with van der Waals surface area (Å²) in [7, 11) is 1.62. The van der Waals surface area contributed by atoms with Gasteiger partial charge >= 0.3 is 0 Å². The molecule has 0 fully saturated rings. The van der Waals surface area contributed by atoms with Gasteiger partial charge in [0.25, 0.3) is 0 Å². The van der Waals surface area contributed by atoms with Gasteiger partial charge in [-0.05, 0) is 42.7 Å². The molecule has 0 saturated heterocycles. The maximum Gasteiger partial charge on any atom is 0.120 e. The van der Waals surface area contributed by atoms with Crippen LogP contribution in [0.25, 0.3) is 0 Å². The molecule has 0 aromatic heterocycles. The SMILES string of the molecule is COc1ccc(O)c(CNc2cccc(SC)c2)c1. The molecular formula is C15H17NO2S. The smallest absolute Gasteiger partial charge is 0.120 e. The summed E-state index contributed by atoms with van der Waals surface area (Å²) in [6.45, 7) is 0.556. The van der Waals surface area contributed by atoms with E-state index in [0.29, 0.717) is 6.54 Å². The molecule has 0 spiro atoms. The van der Waals surface area contributed by atoms with Crippen LogP contribution >= 0.6 is 11.8 Å². The van der Waals surface area contributed by atoms with E-state index in [-0.39, 0.29) is 5.75 Å². The highest BCUT2D eigenvalue weighted by molar-refractivity contribution is 7.98. The summed E-state index contributed by atoms with van der Waals surface area (Å²) in [6.07, 6.45) is 2.05. The fraction of sp³-hybridized carbons (Fsp3) is 0.200. The summed E-state index contributed by atoms with van der Waals surface area (Å²) in [5, 5.41) is 13.1. The van der Waals surface area contributed by atoms with Crippen LogP contribution in [-0.4, -0.2) is 18.5 Å². The molecule has 0 bridgehead atoms. The molecular weight excluding hydrogens is 258 g/mol. The van der Waals surface area contributed by atoms with Crippen LogP contribution in [0.1, 0.15) is 5.56 Å². The summed E-state index contributed by atoms with van der Waals surface area (Å²) < 4.78 is 5.16. The van der Waals surface area contributed by atoms with E-state index in [0.717, 1.165) is 17.0 Å². The van der Waals surface area contributed by atoms with Crippen LogP contribution in [0.4, 0.5) is 5.69 Å². The Kier molecular flexibility index (Phi) is 4.58. The highest BCUT2D eigenvalue weighted by atomic mass is 32.2. The Morgan fingerprint density at radius 1 is 1.21 bits per heavy atom. The van der Waals surface area contributed by atoms with Gasteiger partial charge in [0.15, 0.2) is 0 Å². The normalized spacial score (nSPS) is 10.2. The number of ether oxygens (including phenoxy) is 1. The first-order chi connectivity index (χ1) is 9.22. The number of methoxy groups -OCH3 is 1. The number of phenolic OH excluding ortho intramolecular Hbond substituents is 1. The molecule has 0 unspecified atom stereocenters. The Morgan fingerprint density at radius 2 is 2.05 bits per heavy atom. The molecule has 0 heterocycles. The average molecular weight is 275 g/mol. The zero-order chi connectivity index (χ0) is 13.7. The van der Waals surface area contributed by atoms with Crippen LogP contribution in [0.5, 0.6) is 11.5 Å². The minimum absolute atomic E-state index is 0.273. The molecule has 2 N–H and O–H groups in total. The fourth-order valence-electron chi connectivity index (χ4n) is 1.76. The van der Waals surface area contributed by atoms with Crippen molar-refractivity contribution in [2.45, 2.75) is 11.4 Å². The van der Waals surface area contributed by atoms with Gasteiger partial charge < -0.3 is 15.2 Å². The quantitative estimate of drug-likeness (QED) is 0.816. The molecule has 2 aromatic rings. The molecule has 0 atom stereocenters. The Hall–Kier alpha value is -1.81. The molecule has 0 aliphatic carbocycles. The largest absolute Gasteiger partial charge is 0.508 e. The van der Waals surface area contributed by atoms with Crippen molar-refractivity contribution >= 4 is 17.4 Å². The van der Waals surface area contributed by atoms with E-state index >= 15 is 0 Å². The summed E-state index contributed by atoms with van der Waals surface area (Å²) >= 11 is 1.70. The predicted octanol–water partition coefficient (Wildman–Crippen LogP) is 3.73. The van der Waals surface area contributed by atoms with E-state index in [1.807, 2.05) is 24.5 Å². The second-order valence-electron chi connectivity index (χ2n) is 4.08. The van der Waals surface area contributed by atoms with Gasteiger partial charge in [-0.3, -0.25) is 0 Å². The molecule has 0 amide bonds. The summed E-state index contributed by atoms with van der Waals surface area (Å²) in [4.78, 5) is 1.21. The van der Waals surface area contributed by atoms with Crippen LogP contribution < -0.4 is 10.1 Å². The highest BCUT2D eigenvalue weighted by Crippen LogP contribution is 2.24. The van der Waals surface area contributed by atoms with Gasteiger partial charge in [0.05, 0.1) is 7.11 Å². The predicted molar refractivity (Wildman–Crippen MR) is 80.2 cm³/mol. The third-order valence-corrected chi connectivity index (χ3v) is 3.56. The van der Waals surface area contributed by atoms with E-state index < -0.39 is 0 Å². The van der Waals surface area contributed by atoms with Gasteiger partial charge in [-0.25, -0.2) is 0 Å². The lowest BCUT2D eigenvalue weighted by atomic mass is 10.2. The minimum atomic E-state index is 0.273. The molecule has 0 aliphatic heterocycles. The van der Waals surface area contributed by atoms with Crippen molar-refractivity contribution in [3.63, 3.8) is 0 Å². The van der Waals surface area contributed by atoms with Gasteiger partial charge in [-0.15, -0.1) is 11.8 Å². The summed E-state index contributed by atoms with van der Waals surface area (Å²) in [5.74, 6) is 1.02. The standard InChI is InChI=1S/C15H17NO2S/c1-18-13-6-7-15(17)11(8-13)10-16-12-4-3-5-14(9-12)19-2/h3-9,16-17H,10H2,1-2H3. The van der Waals surface area contributed by atoms with E-state index in [2.05, 4.69) is 17.4 Å². The van der Waals surface area contributed by atoms with E-state index in [1.165, 1.54) is 4.90 Å². The van der Waals surface area contributed by atoms with Gasteiger partial charge in [0, 0.05) is 22.7 Å². The van der Waals surface area contributed by atoms with Crippen LogP contribution in [0.3, 0.4) is 0 Å².